The predicted octanol–water partition coefficient (Wildman–Crippen LogP) is 5.19. The van der Waals surface area contributed by atoms with E-state index in [9.17, 15) is 4.79 Å². The van der Waals surface area contributed by atoms with Crippen molar-refractivity contribution in [3.8, 4) is 16.9 Å². The third-order valence-corrected chi connectivity index (χ3v) is 4.97. The van der Waals surface area contributed by atoms with Gasteiger partial charge in [0.05, 0.1) is 6.42 Å². The Morgan fingerprint density at radius 2 is 1.45 bits per heavy atom. The van der Waals surface area contributed by atoms with E-state index in [0.29, 0.717) is 19.6 Å². The van der Waals surface area contributed by atoms with Crippen LogP contribution in [-0.2, 0) is 24.4 Å². The SMILES string of the molecule is O=C(Cc1ccc(-c2ccccc2)cc1)NCc1ccc(OCc2cccnc2)cc1. The number of ether oxygens (including phenoxy) is 1. The third-order valence-electron chi connectivity index (χ3n) is 4.97. The number of nitrogens with one attached hydrogen (secondary N) is 1. The minimum atomic E-state index is 0.00404. The van der Waals surface area contributed by atoms with Crippen molar-refractivity contribution in [2.24, 2.45) is 0 Å². The average molecular weight is 409 g/mol. The Bertz CT molecular complexity index is 1090. The van der Waals surface area contributed by atoms with Gasteiger partial charge in [-0.15, -0.1) is 0 Å². The van der Waals surface area contributed by atoms with Crippen LogP contribution < -0.4 is 10.1 Å². The molecule has 1 heterocycles. The molecule has 0 saturated carbocycles. The van der Waals surface area contributed by atoms with Crippen LogP contribution in [-0.4, -0.2) is 10.9 Å². The number of benzene rings is 3. The first-order valence-corrected chi connectivity index (χ1v) is 10.3. The highest BCUT2D eigenvalue weighted by Gasteiger charge is 2.05. The molecular formula is C27H24N2O2. The number of pyridine rings is 1. The van der Waals surface area contributed by atoms with Gasteiger partial charge in [0.2, 0.25) is 5.91 Å². The van der Waals surface area contributed by atoms with Gasteiger partial charge in [-0.05, 0) is 40.5 Å². The van der Waals surface area contributed by atoms with Crippen molar-refractivity contribution in [2.45, 2.75) is 19.6 Å². The van der Waals surface area contributed by atoms with E-state index in [4.69, 9.17) is 4.74 Å². The molecule has 0 unspecified atom stereocenters. The van der Waals surface area contributed by atoms with E-state index in [2.05, 4.69) is 34.6 Å². The molecule has 3 aromatic carbocycles. The third kappa shape index (κ3) is 6.03. The van der Waals surface area contributed by atoms with Crippen molar-refractivity contribution in [1.29, 1.82) is 0 Å². The van der Waals surface area contributed by atoms with E-state index < -0.39 is 0 Å². The second kappa shape index (κ2) is 10.2. The van der Waals surface area contributed by atoms with Crippen molar-refractivity contribution >= 4 is 5.91 Å². The van der Waals surface area contributed by atoms with Crippen LogP contribution in [0.4, 0.5) is 0 Å². The normalized spacial score (nSPS) is 10.5. The molecule has 0 aliphatic rings. The summed E-state index contributed by atoms with van der Waals surface area (Å²) < 4.78 is 5.77. The van der Waals surface area contributed by atoms with E-state index >= 15 is 0 Å². The molecule has 4 nitrogen and oxygen atoms in total. The molecule has 0 saturated heterocycles. The molecule has 0 atom stereocenters. The maximum absolute atomic E-state index is 12.3. The largest absolute Gasteiger partial charge is 0.489 e. The van der Waals surface area contributed by atoms with Crippen LogP contribution >= 0.6 is 0 Å². The van der Waals surface area contributed by atoms with E-state index in [1.165, 1.54) is 5.56 Å². The molecule has 0 fully saturated rings. The van der Waals surface area contributed by atoms with Gasteiger partial charge in [-0.3, -0.25) is 9.78 Å². The van der Waals surface area contributed by atoms with Crippen LogP contribution in [0.2, 0.25) is 0 Å². The molecule has 4 rings (SSSR count). The van der Waals surface area contributed by atoms with Gasteiger partial charge in [-0.2, -0.15) is 0 Å². The van der Waals surface area contributed by atoms with Crippen LogP contribution in [0.15, 0.2) is 103 Å². The lowest BCUT2D eigenvalue weighted by molar-refractivity contribution is -0.120. The quantitative estimate of drug-likeness (QED) is 0.437. The summed E-state index contributed by atoms with van der Waals surface area (Å²) in [5.74, 6) is 0.793. The number of rotatable bonds is 8. The van der Waals surface area contributed by atoms with Crippen LogP contribution in [0.5, 0.6) is 5.75 Å². The molecule has 154 valence electrons. The number of carbonyl (C=O) groups excluding carboxylic acids is 1. The molecule has 4 aromatic rings. The summed E-state index contributed by atoms with van der Waals surface area (Å²) in [4.78, 5) is 16.4. The molecule has 0 aliphatic heterocycles. The van der Waals surface area contributed by atoms with Crippen LogP contribution in [0.3, 0.4) is 0 Å². The molecule has 1 N–H and O–H groups in total. The Hall–Kier alpha value is -3.92. The Morgan fingerprint density at radius 1 is 0.742 bits per heavy atom. The van der Waals surface area contributed by atoms with E-state index in [1.54, 1.807) is 12.4 Å². The summed E-state index contributed by atoms with van der Waals surface area (Å²) in [7, 11) is 0. The van der Waals surface area contributed by atoms with E-state index in [1.807, 2.05) is 66.7 Å². The average Bonchev–Trinajstić information content (AvgIpc) is 2.84. The van der Waals surface area contributed by atoms with Gasteiger partial charge in [0.1, 0.15) is 12.4 Å². The Balaban J connectivity index is 1.24. The first-order valence-electron chi connectivity index (χ1n) is 10.3. The molecule has 0 radical (unpaired) electrons. The Kier molecular flexibility index (Phi) is 6.71. The number of nitrogens with zero attached hydrogens (tertiary/aromatic N) is 1. The molecule has 4 heteroatoms. The number of hydrogen-bond donors (Lipinski definition) is 1. The molecule has 1 aromatic heterocycles. The number of amides is 1. The first kappa shape index (κ1) is 20.4. The van der Waals surface area contributed by atoms with Gasteiger partial charge >= 0.3 is 0 Å². The highest BCUT2D eigenvalue weighted by atomic mass is 16.5. The first-order chi connectivity index (χ1) is 15.3. The van der Waals surface area contributed by atoms with Crippen molar-refractivity contribution in [3.05, 3.63) is 120 Å². The molecule has 0 spiro atoms. The minimum Gasteiger partial charge on any atom is -0.489 e. The van der Waals surface area contributed by atoms with Gasteiger partial charge in [0, 0.05) is 24.5 Å². The van der Waals surface area contributed by atoms with Gasteiger partial charge < -0.3 is 10.1 Å². The number of aromatic nitrogens is 1. The fraction of sp³-hybridized carbons (Fsp3) is 0.111. The zero-order chi connectivity index (χ0) is 21.3. The smallest absolute Gasteiger partial charge is 0.224 e. The summed E-state index contributed by atoms with van der Waals surface area (Å²) in [6, 6.07) is 30.0. The van der Waals surface area contributed by atoms with Gasteiger partial charge in [0.15, 0.2) is 0 Å². The monoisotopic (exact) mass is 408 g/mol. The Labute approximate surface area is 182 Å². The van der Waals surface area contributed by atoms with E-state index in [0.717, 1.165) is 28.0 Å². The standard InChI is InChI=1S/C27H24N2O2/c30-27(17-21-8-12-25(13-9-21)24-6-2-1-3-7-24)29-19-22-10-14-26(15-11-22)31-20-23-5-4-16-28-18-23/h1-16,18H,17,19-20H2,(H,29,30). The second-order valence-corrected chi connectivity index (χ2v) is 7.31. The van der Waals surface area contributed by atoms with Crippen LogP contribution in [0, 0.1) is 0 Å². The van der Waals surface area contributed by atoms with Crippen LogP contribution in [0.25, 0.3) is 11.1 Å². The minimum absolute atomic E-state index is 0.00404. The fourth-order valence-corrected chi connectivity index (χ4v) is 3.25. The van der Waals surface area contributed by atoms with Gasteiger partial charge in [0.25, 0.3) is 0 Å². The molecular weight excluding hydrogens is 384 g/mol. The lowest BCUT2D eigenvalue weighted by Gasteiger charge is -2.09. The van der Waals surface area contributed by atoms with Gasteiger partial charge in [-0.1, -0.05) is 72.8 Å². The zero-order valence-corrected chi connectivity index (χ0v) is 17.2. The maximum atomic E-state index is 12.3. The summed E-state index contributed by atoms with van der Waals surface area (Å²) in [5, 5.41) is 2.98. The maximum Gasteiger partial charge on any atom is 0.224 e. The Morgan fingerprint density at radius 3 is 2.16 bits per heavy atom. The van der Waals surface area contributed by atoms with Crippen LogP contribution in [0.1, 0.15) is 16.7 Å². The topological polar surface area (TPSA) is 51.2 Å². The predicted molar refractivity (Wildman–Crippen MR) is 122 cm³/mol. The number of hydrogen-bond acceptors (Lipinski definition) is 3. The van der Waals surface area contributed by atoms with E-state index in [-0.39, 0.29) is 5.91 Å². The lowest BCUT2D eigenvalue weighted by atomic mass is 10.0. The summed E-state index contributed by atoms with van der Waals surface area (Å²) in [6.07, 6.45) is 3.90. The summed E-state index contributed by atoms with van der Waals surface area (Å²) >= 11 is 0. The van der Waals surface area contributed by atoms with Crippen molar-refractivity contribution in [3.63, 3.8) is 0 Å². The fourth-order valence-electron chi connectivity index (χ4n) is 3.25. The van der Waals surface area contributed by atoms with Crippen molar-refractivity contribution < 1.29 is 9.53 Å². The van der Waals surface area contributed by atoms with Crippen molar-refractivity contribution in [2.75, 3.05) is 0 Å². The molecule has 0 bridgehead atoms. The molecule has 0 aliphatic carbocycles. The summed E-state index contributed by atoms with van der Waals surface area (Å²) in [6.45, 7) is 0.969. The lowest BCUT2D eigenvalue weighted by Crippen LogP contribution is -2.24. The molecule has 31 heavy (non-hydrogen) atoms. The second-order valence-electron chi connectivity index (χ2n) is 7.31. The zero-order valence-electron chi connectivity index (χ0n) is 17.2. The number of carbonyl (C=O) groups is 1. The highest BCUT2D eigenvalue weighted by Crippen LogP contribution is 2.19. The van der Waals surface area contributed by atoms with Crippen molar-refractivity contribution in [1.82, 2.24) is 10.3 Å². The summed E-state index contributed by atoms with van der Waals surface area (Å²) in [5.41, 5.74) is 5.37. The molecule has 1 amide bonds. The van der Waals surface area contributed by atoms with Gasteiger partial charge in [-0.25, -0.2) is 0 Å². The highest BCUT2D eigenvalue weighted by molar-refractivity contribution is 5.78.